The maximum Gasteiger partial charge on any atom is 0.326 e. The zero-order chi connectivity index (χ0) is 25.5. The quantitative estimate of drug-likeness (QED) is 0.334. The Morgan fingerprint density at radius 1 is 1.15 bits per heavy atom. The lowest BCUT2D eigenvalue weighted by Gasteiger charge is -2.19. The molecule has 1 fully saturated rings. The van der Waals surface area contributed by atoms with Crippen molar-refractivity contribution >= 4 is 50.8 Å². The number of aryl methyl sites for hydroxylation is 3. The SMILES string of the molecule is C=CC1(C(=O)N[C@@H](Cc2ccc(NS(=O)(=O)c3c(C)cc(C)cc3C)cc2)C(=O)O)CC1(Cl)Cl. The molecule has 1 unspecified atom stereocenters. The summed E-state index contributed by atoms with van der Waals surface area (Å²) in [6.45, 7) is 8.98. The van der Waals surface area contributed by atoms with Crippen LogP contribution < -0.4 is 10.0 Å². The molecule has 0 bridgehead atoms. The van der Waals surface area contributed by atoms with Crippen LogP contribution in [0.2, 0.25) is 0 Å². The fraction of sp³-hybridized carbons (Fsp3) is 0.333. The standard InChI is InChI=1S/C24H26Cl2N2O5S/c1-5-23(13-24(23,25)26)22(31)27-19(21(29)30)12-17-6-8-18(9-7-17)28-34(32,33)20-15(3)10-14(2)11-16(20)4/h5-11,19,28H,1,12-13H2,2-4H3,(H,27,31)(H,29,30)/t19-,23?/m0/s1. The first-order valence-electron chi connectivity index (χ1n) is 10.5. The van der Waals surface area contributed by atoms with Crippen LogP contribution in [0.1, 0.15) is 28.7 Å². The van der Waals surface area contributed by atoms with Crippen molar-refractivity contribution in [1.29, 1.82) is 0 Å². The van der Waals surface area contributed by atoms with Crippen molar-refractivity contribution in [3.05, 3.63) is 71.3 Å². The summed E-state index contributed by atoms with van der Waals surface area (Å²) in [5.41, 5.74) is 1.96. The predicted octanol–water partition coefficient (Wildman–Crippen LogP) is 4.27. The van der Waals surface area contributed by atoms with Crippen molar-refractivity contribution in [2.45, 2.75) is 48.9 Å². The zero-order valence-electron chi connectivity index (χ0n) is 19.0. The third-order valence-electron chi connectivity index (χ3n) is 5.90. The molecule has 2 atom stereocenters. The molecule has 0 saturated heterocycles. The average Bonchev–Trinajstić information content (AvgIpc) is 3.30. The number of hydrogen-bond acceptors (Lipinski definition) is 4. The normalized spacial score (nSPS) is 19.7. The van der Waals surface area contributed by atoms with Gasteiger partial charge in [-0.1, -0.05) is 35.9 Å². The number of rotatable bonds is 9. The molecule has 0 aromatic heterocycles. The van der Waals surface area contributed by atoms with Crippen LogP contribution in [0.25, 0.3) is 0 Å². The summed E-state index contributed by atoms with van der Waals surface area (Å²) in [6.07, 6.45) is 1.47. The van der Waals surface area contributed by atoms with Gasteiger partial charge in [-0.05, 0) is 49.6 Å². The van der Waals surface area contributed by atoms with E-state index in [4.69, 9.17) is 23.2 Å². The first-order valence-corrected chi connectivity index (χ1v) is 12.7. The molecule has 0 spiro atoms. The van der Waals surface area contributed by atoms with Crippen LogP contribution in [0, 0.1) is 26.2 Å². The molecule has 182 valence electrons. The van der Waals surface area contributed by atoms with Gasteiger partial charge in [0.1, 0.15) is 15.8 Å². The number of aliphatic carboxylic acids is 1. The van der Waals surface area contributed by atoms with Gasteiger partial charge in [-0.25, -0.2) is 13.2 Å². The Labute approximate surface area is 209 Å². The van der Waals surface area contributed by atoms with E-state index in [1.165, 1.54) is 6.08 Å². The fourth-order valence-electron chi connectivity index (χ4n) is 4.10. The Balaban J connectivity index is 1.73. The molecule has 2 aromatic carbocycles. The van der Waals surface area contributed by atoms with E-state index < -0.39 is 37.7 Å². The second-order valence-electron chi connectivity index (χ2n) is 8.66. The van der Waals surface area contributed by atoms with Gasteiger partial charge in [0.2, 0.25) is 5.91 Å². The molecule has 0 heterocycles. The number of hydrogen-bond donors (Lipinski definition) is 3. The number of nitrogens with one attached hydrogen (secondary N) is 2. The van der Waals surface area contributed by atoms with E-state index in [1.807, 2.05) is 19.1 Å². The molecule has 1 aliphatic rings. The molecule has 10 heteroatoms. The second-order valence-corrected chi connectivity index (χ2v) is 11.8. The Kier molecular flexibility index (Phi) is 7.09. The van der Waals surface area contributed by atoms with Gasteiger partial charge in [0.05, 0.1) is 4.90 Å². The number of carboxylic acids is 1. The number of sulfonamides is 1. The summed E-state index contributed by atoms with van der Waals surface area (Å²) in [5, 5.41) is 12.1. The van der Waals surface area contributed by atoms with Crippen molar-refractivity contribution in [1.82, 2.24) is 5.32 Å². The summed E-state index contributed by atoms with van der Waals surface area (Å²) in [5.74, 6) is -1.83. The topological polar surface area (TPSA) is 113 Å². The second kappa shape index (κ2) is 9.24. The van der Waals surface area contributed by atoms with E-state index in [0.29, 0.717) is 22.4 Å². The summed E-state index contributed by atoms with van der Waals surface area (Å²) < 4.78 is 27.1. The molecule has 1 saturated carbocycles. The highest BCUT2D eigenvalue weighted by atomic mass is 35.5. The van der Waals surface area contributed by atoms with E-state index in [2.05, 4.69) is 16.6 Å². The number of amides is 1. The highest BCUT2D eigenvalue weighted by Crippen LogP contribution is 2.64. The van der Waals surface area contributed by atoms with Crippen molar-refractivity contribution in [3.8, 4) is 0 Å². The van der Waals surface area contributed by atoms with Gasteiger partial charge >= 0.3 is 5.97 Å². The molecule has 0 radical (unpaired) electrons. The summed E-state index contributed by atoms with van der Waals surface area (Å²) >= 11 is 12.1. The minimum absolute atomic E-state index is 0.0188. The maximum absolute atomic E-state index is 12.9. The first kappa shape index (κ1) is 26.1. The van der Waals surface area contributed by atoms with Gasteiger partial charge in [0.15, 0.2) is 0 Å². The molecule has 0 aliphatic heterocycles. The van der Waals surface area contributed by atoms with Crippen LogP contribution in [0.4, 0.5) is 5.69 Å². The predicted molar refractivity (Wildman–Crippen MR) is 133 cm³/mol. The number of alkyl halides is 2. The van der Waals surface area contributed by atoms with Gasteiger partial charge in [0.25, 0.3) is 10.0 Å². The lowest BCUT2D eigenvalue weighted by molar-refractivity contribution is -0.142. The third kappa shape index (κ3) is 5.09. The number of benzene rings is 2. The molecule has 3 N–H and O–H groups in total. The highest BCUT2D eigenvalue weighted by Gasteiger charge is 2.69. The van der Waals surface area contributed by atoms with E-state index in [1.54, 1.807) is 38.1 Å². The van der Waals surface area contributed by atoms with Crippen LogP contribution in [-0.4, -0.2) is 35.8 Å². The molecule has 7 nitrogen and oxygen atoms in total. The molecular formula is C24H26Cl2N2O5S. The zero-order valence-corrected chi connectivity index (χ0v) is 21.3. The van der Waals surface area contributed by atoms with Crippen molar-refractivity contribution < 1.29 is 23.1 Å². The lowest BCUT2D eigenvalue weighted by atomic mass is 10.0. The molecule has 34 heavy (non-hydrogen) atoms. The van der Waals surface area contributed by atoms with Crippen LogP contribution in [0.15, 0.2) is 53.9 Å². The Hall–Kier alpha value is -2.55. The van der Waals surface area contributed by atoms with E-state index in [-0.39, 0.29) is 17.7 Å². The monoisotopic (exact) mass is 524 g/mol. The number of carbonyl (C=O) groups is 2. The van der Waals surface area contributed by atoms with E-state index in [9.17, 15) is 23.1 Å². The third-order valence-corrected chi connectivity index (χ3v) is 8.53. The summed E-state index contributed by atoms with van der Waals surface area (Å²) in [6, 6.07) is 8.67. The van der Waals surface area contributed by atoms with Crippen LogP contribution in [0.3, 0.4) is 0 Å². The average molecular weight is 525 g/mol. The van der Waals surface area contributed by atoms with Crippen molar-refractivity contribution in [3.63, 3.8) is 0 Å². The molecular weight excluding hydrogens is 499 g/mol. The lowest BCUT2D eigenvalue weighted by Crippen LogP contribution is -2.46. The highest BCUT2D eigenvalue weighted by molar-refractivity contribution is 7.92. The molecule has 2 aromatic rings. The minimum Gasteiger partial charge on any atom is -0.480 e. The molecule has 3 rings (SSSR count). The van der Waals surface area contributed by atoms with Gasteiger partial charge in [-0.15, -0.1) is 29.8 Å². The summed E-state index contributed by atoms with van der Waals surface area (Å²) in [4.78, 5) is 24.6. The Bertz CT molecular complexity index is 1240. The fourth-order valence-corrected chi connectivity index (χ4v) is 6.36. The number of carboxylic acid groups (broad SMARTS) is 1. The number of halogens is 2. The smallest absolute Gasteiger partial charge is 0.326 e. The van der Waals surface area contributed by atoms with Crippen LogP contribution >= 0.6 is 23.2 Å². The number of carbonyl (C=O) groups excluding carboxylic acids is 1. The van der Waals surface area contributed by atoms with Gasteiger partial charge in [0, 0.05) is 18.5 Å². The first-order chi connectivity index (χ1) is 15.7. The van der Waals surface area contributed by atoms with Crippen molar-refractivity contribution in [2.75, 3.05) is 4.72 Å². The molecule has 1 amide bonds. The van der Waals surface area contributed by atoms with E-state index in [0.717, 1.165) is 5.56 Å². The van der Waals surface area contributed by atoms with Gasteiger partial charge < -0.3 is 10.4 Å². The Morgan fingerprint density at radius 3 is 2.12 bits per heavy atom. The summed E-state index contributed by atoms with van der Waals surface area (Å²) in [7, 11) is -3.82. The largest absolute Gasteiger partial charge is 0.480 e. The Morgan fingerprint density at radius 2 is 1.68 bits per heavy atom. The van der Waals surface area contributed by atoms with Gasteiger partial charge in [-0.3, -0.25) is 9.52 Å². The molecule has 1 aliphatic carbocycles. The van der Waals surface area contributed by atoms with E-state index >= 15 is 0 Å². The minimum atomic E-state index is -3.82. The maximum atomic E-state index is 12.9. The number of anilines is 1. The van der Waals surface area contributed by atoms with Crippen LogP contribution in [0.5, 0.6) is 0 Å². The van der Waals surface area contributed by atoms with Crippen LogP contribution in [-0.2, 0) is 26.0 Å². The van der Waals surface area contributed by atoms with Gasteiger partial charge in [-0.2, -0.15) is 0 Å². The van der Waals surface area contributed by atoms with Crippen molar-refractivity contribution in [2.24, 2.45) is 5.41 Å².